The van der Waals surface area contributed by atoms with Crippen LogP contribution in [0.1, 0.15) is 12.8 Å². The summed E-state index contributed by atoms with van der Waals surface area (Å²) in [6, 6.07) is 6.45. The van der Waals surface area contributed by atoms with Crippen molar-refractivity contribution in [2.24, 2.45) is 0 Å². The standard InChI is InChI=1S/C15H17N3O5S/c19-7-6-18-14(20)9-13(15(18)21)16-10-2-1-3-11(8-10)17-24(22,23)12-4-5-12/h1-3,8-9,12,16-17,19H,4-7H2. The molecule has 2 amide bonds. The first-order valence-corrected chi connectivity index (χ1v) is 9.02. The maximum atomic E-state index is 12.1. The van der Waals surface area contributed by atoms with Gasteiger partial charge >= 0.3 is 0 Å². The van der Waals surface area contributed by atoms with Crippen LogP contribution < -0.4 is 10.0 Å². The number of carbonyl (C=O) groups excluding carboxylic acids is 2. The molecule has 1 aromatic carbocycles. The fourth-order valence-corrected chi connectivity index (χ4v) is 3.73. The summed E-state index contributed by atoms with van der Waals surface area (Å²) in [5.74, 6) is -1.03. The third-order valence-electron chi connectivity index (χ3n) is 3.70. The number of benzene rings is 1. The molecule has 0 radical (unpaired) electrons. The van der Waals surface area contributed by atoms with Gasteiger partial charge in [0.05, 0.1) is 24.1 Å². The van der Waals surface area contributed by atoms with Gasteiger partial charge in [0.2, 0.25) is 10.0 Å². The Hall–Kier alpha value is -2.39. The van der Waals surface area contributed by atoms with E-state index in [2.05, 4.69) is 10.0 Å². The minimum atomic E-state index is -3.37. The second-order valence-corrected chi connectivity index (χ2v) is 7.59. The molecule has 0 bridgehead atoms. The Morgan fingerprint density at radius 2 is 1.92 bits per heavy atom. The lowest BCUT2D eigenvalue weighted by atomic mass is 10.2. The smallest absolute Gasteiger partial charge is 0.277 e. The van der Waals surface area contributed by atoms with Gasteiger partial charge in [-0.25, -0.2) is 8.42 Å². The van der Waals surface area contributed by atoms with Gasteiger partial charge in [-0.15, -0.1) is 0 Å². The highest BCUT2D eigenvalue weighted by molar-refractivity contribution is 7.93. The highest BCUT2D eigenvalue weighted by atomic mass is 32.2. The first-order chi connectivity index (χ1) is 11.4. The van der Waals surface area contributed by atoms with E-state index < -0.39 is 21.8 Å². The lowest BCUT2D eigenvalue weighted by Gasteiger charge is -2.14. The second-order valence-electron chi connectivity index (χ2n) is 5.63. The summed E-state index contributed by atoms with van der Waals surface area (Å²) in [7, 11) is -3.37. The Balaban J connectivity index is 1.72. The number of imide groups is 1. The fraction of sp³-hybridized carbons (Fsp3) is 0.333. The largest absolute Gasteiger partial charge is 0.395 e. The van der Waals surface area contributed by atoms with Gasteiger partial charge in [-0.05, 0) is 31.0 Å². The van der Waals surface area contributed by atoms with Crippen molar-refractivity contribution in [2.75, 3.05) is 23.2 Å². The van der Waals surface area contributed by atoms with E-state index in [0.29, 0.717) is 24.2 Å². The highest BCUT2D eigenvalue weighted by Crippen LogP contribution is 2.30. The molecule has 3 rings (SSSR count). The van der Waals surface area contributed by atoms with Crippen LogP contribution in [0.2, 0.25) is 0 Å². The zero-order chi connectivity index (χ0) is 17.3. The minimum Gasteiger partial charge on any atom is -0.395 e. The Bertz CT molecular complexity index is 814. The van der Waals surface area contributed by atoms with E-state index in [1.165, 1.54) is 0 Å². The number of hydrogen-bond donors (Lipinski definition) is 3. The predicted octanol–water partition coefficient (Wildman–Crippen LogP) is 0.248. The summed E-state index contributed by atoms with van der Waals surface area (Å²) in [5, 5.41) is 11.4. The second kappa shape index (κ2) is 6.25. The summed E-state index contributed by atoms with van der Waals surface area (Å²) in [4.78, 5) is 24.7. The van der Waals surface area contributed by atoms with Gasteiger partial charge in [0, 0.05) is 11.8 Å². The van der Waals surface area contributed by atoms with Crippen molar-refractivity contribution in [3.05, 3.63) is 36.0 Å². The van der Waals surface area contributed by atoms with E-state index in [-0.39, 0.29) is 24.1 Å². The van der Waals surface area contributed by atoms with Gasteiger partial charge in [0.1, 0.15) is 5.70 Å². The monoisotopic (exact) mass is 351 g/mol. The summed E-state index contributed by atoms with van der Waals surface area (Å²) in [5.41, 5.74) is 0.941. The van der Waals surface area contributed by atoms with Crippen LogP contribution >= 0.6 is 0 Å². The van der Waals surface area contributed by atoms with E-state index in [4.69, 9.17) is 5.11 Å². The summed E-state index contributed by atoms with van der Waals surface area (Å²) in [6.45, 7) is -0.377. The van der Waals surface area contributed by atoms with Gasteiger partial charge < -0.3 is 10.4 Å². The Kier molecular flexibility index (Phi) is 4.29. The topological polar surface area (TPSA) is 116 Å². The molecule has 9 heteroatoms. The number of amides is 2. The molecule has 0 saturated heterocycles. The van der Waals surface area contributed by atoms with Crippen LogP contribution in [0.3, 0.4) is 0 Å². The highest BCUT2D eigenvalue weighted by Gasteiger charge is 2.35. The fourth-order valence-electron chi connectivity index (χ4n) is 2.35. The molecular weight excluding hydrogens is 334 g/mol. The zero-order valence-corrected chi connectivity index (χ0v) is 13.5. The summed E-state index contributed by atoms with van der Waals surface area (Å²) < 4.78 is 26.4. The molecule has 1 fully saturated rings. The van der Waals surface area contributed by atoms with Gasteiger partial charge in [0.25, 0.3) is 11.8 Å². The first kappa shape index (κ1) is 16.5. The van der Waals surface area contributed by atoms with Crippen molar-refractivity contribution in [1.82, 2.24) is 4.90 Å². The maximum Gasteiger partial charge on any atom is 0.277 e. The molecule has 8 nitrogen and oxygen atoms in total. The van der Waals surface area contributed by atoms with Crippen LogP contribution in [0.5, 0.6) is 0 Å². The van der Waals surface area contributed by atoms with Crippen molar-refractivity contribution in [1.29, 1.82) is 0 Å². The molecule has 1 aliphatic heterocycles. The van der Waals surface area contributed by atoms with E-state index >= 15 is 0 Å². The molecule has 0 spiro atoms. The third kappa shape index (κ3) is 3.41. The molecule has 24 heavy (non-hydrogen) atoms. The van der Waals surface area contributed by atoms with E-state index in [1.54, 1.807) is 24.3 Å². The maximum absolute atomic E-state index is 12.1. The molecule has 1 aromatic rings. The van der Waals surface area contributed by atoms with Crippen LogP contribution in [0, 0.1) is 0 Å². The molecule has 1 saturated carbocycles. The number of nitrogens with zero attached hydrogens (tertiary/aromatic N) is 1. The Morgan fingerprint density at radius 1 is 1.21 bits per heavy atom. The van der Waals surface area contributed by atoms with Crippen molar-refractivity contribution in [2.45, 2.75) is 18.1 Å². The molecule has 0 unspecified atom stereocenters. The van der Waals surface area contributed by atoms with Crippen molar-refractivity contribution >= 4 is 33.2 Å². The number of β-amino-alcohol motifs (C(OH)–C–C–N with tert-alkyl or cyclic N) is 1. The van der Waals surface area contributed by atoms with Crippen molar-refractivity contribution in [3.63, 3.8) is 0 Å². The SMILES string of the molecule is O=C1C=C(Nc2cccc(NS(=O)(=O)C3CC3)c2)C(=O)N1CCO. The van der Waals surface area contributed by atoms with Gasteiger partial charge in [-0.2, -0.15) is 0 Å². The Morgan fingerprint density at radius 3 is 2.58 bits per heavy atom. The average Bonchev–Trinajstić information content (AvgIpc) is 3.33. The number of sulfonamides is 1. The van der Waals surface area contributed by atoms with Gasteiger partial charge in [0.15, 0.2) is 0 Å². The minimum absolute atomic E-state index is 0.0689. The number of rotatable bonds is 7. The Labute approximate surface area is 139 Å². The van der Waals surface area contributed by atoms with Crippen LogP contribution in [0.25, 0.3) is 0 Å². The summed E-state index contributed by atoms with van der Waals surface area (Å²) >= 11 is 0. The molecule has 128 valence electrons. The van der Waals surface area contributed by atoms with E-state index in [1.807, 2.05) is 0 Å². The lowest BCUT2D eigenvalue weighted by molar-refractivity contribution is -0.137. The quantitative estimate of drug-likeness (QED) is 0.607. The van der Waals surface area contributed by atoms with E-state index in [9.17, 15) is 18.0 Å². The van der Waals surface area contributed by atoms with Crippen molar-refractivity contribution < 1.29 is 23.1 Å². The molecule has 0 atom stereocenters. The van der Waals surface area contributed by atoms with Crippen LogP contribution in [-0.4, -0.2) is 48.6 Å². The molecular formula is C15H17N3O5S. The molecule has 0 aromatic heterocycles. The number of nitrogens with one attached hydrogen (secondary N) is 2. The number of hydrogen-bond acceptors (Lipinski definition) is 6. The normalized spacial score (nSPS) is 17.9. The molecule has 2 aliphatic rings. The van der Waals surface area contributed by atoms with Crippen LogP contribution in [0.15, 0.2) is 36.0 Å². The summed E-state index contributed by atoms with van der Waals surface area (Å²) in [6.07, 6.45) is 2.48. The number of carbonyl (C=O) groups is 2. The number of aliphatic hydroxyl groups excluding tert-OH is 1. The molecule has 3 N–H and O–H groups in total. The van der Waals surface area contributed by atoms with E-state index in [0.717, 1.165) is 11.0 Å². The number of anilines is 2. The molecule has 1 aliphatic carbocycles. The van der Waals surface area contributed by atoms with Crippen LogP contribution in [-0.2, 0) is 19.6 Å². The zero-order valence-electron chi connectivity index (χ0n) is 12.7. The van der Waals surface area contributed by atoms with Gasteiger partial charge in [-0.1, -0.05) is 6.07 Å². The third-order valence-corrected chi connectivity index (χ3v) is 5.57. The first-order valence-electron chi connectivity index (χ1n) is 7.48. The number of aliphatic hydroxyl groups is 1. The van der Waals surface area contributed by atoms with Gasteiger partial charge in [-0.3, -0.25) is 19.2 Å². The average molecular weight is 351 g/mol. The van der Waals surface area contributed by atoms with Crippen molar-refractivity contribution in [3.8, 4) is 0 Å². The predicted molar refractivity (Wildman–Crippen MR) is 87.5 cm³/mol. The lowest BCUT2D eigenvalue weighted by Crippen LogP contribution is -2.34. The molecule has 1 heterocycles. The van der Waals surface area contributed by atoms with Crippen LogP contribution in [0.4, 0.5) is 11.4 Å².